The molecule has 0 saturated carbocycles. The Morgan fingerprint density at radius 2 is 2.33 bits per heavy atom. The van der Waals surface area contributed by atoms with Crippen LogP contribution >= 0.6 is 27.3 Å². The lowest BCUT2D eigenvalue weighted by molar-refractivity contribution is 0.0695. The van der Waals surface area contributed by atoms with Crippen LogP contribution in [0.4, 0.5) is 0 Å². The molecule has 2 heterocycles. The van der Waals surface area contributed by atoms with E-state index in [2.05, 4.69) is 21.2 Å². The highest BCUT2D eigenvalue weighted by molar-refractivity contribution is 9.10. The van der Waals surface area contributed by atoms with Crippen LogP contribution in [0.2, 0.25) is 0 Å². The Labute approximate surface area is 117 Å². The minimum Gasteiger partial charge on any atom is -0.478 e. The van der Waals surface area contributed by atoms with E-state index in [0.29, 0.717) is 18.1 Å². The van der Waals surface area contributed by atoms with Crippen molar-refractivity contribution in [1.29, 1.82) is 0 Å². The summed E-state index contributed by atoms with van der Waals surface area (Å²) in [5.74, 6) is 0.123. The van der Waals surface area contributed by atoms with Crippen molar-refractivity contribution in [2.75, 3.05) is 0 Å². The molecule has 0 aromatic carbocycles. The highest BCUT2D eigenvalue weighted by Crippen LogP contribution is 2.22. The smallest absolute Gasteiger partial charge is 0.339 e. The minimum atomic E-state index is -0.955. The Hall–Kier alpha value is -1.11. The number of hydrogen-bond acceptors (Lipinski definition) is 4. The van der Waals surface area contributed by atoms with E-state index in [9.17, 15) is 4.79 Å². The summed E-state index contributed by atoms with van der Waals surface area (Å²) in [4.78, 5) is 12.1. The molecule has 0 aliphatic rings. The Balaban J connectivity index is 1.93. The summed E-state index contributed by atoms with van der Waals surface area (Å²) in [7, 11) is 0. The molecule has 2 N–H and O–H groups in total. The fourth-order valence-electron chi connectivity index (χ4n) is 1.59. The van der Waals surface area contributed by atoms with Gasteiger partial charge in [-0.2, -0.15) is 0 Å². The number of carbonyl (C=O) groups is 1. The lowest BCUT2D eigenvalue weighted by atomic mass is 10.2. The molecule has 0 bridgehead atoms. The molecule has 0 saturated heterocycles. The number of thiophene rings is 1. The molecule has 0 aliphatic heterocycles. The molecule has 2 aromatic heterocycles. The van der Waals surface area contributed by atoms with E-state index in [1.54, 1.807) is 24.3 Å². The Morgan fingerprint density at radius 3 is 2.89 bits per heavy atom. The van der Waals surface area contributed by atoms with Crippen molar-refractivity contribution in [1.82, 2.24) is 5.32 Å². The number of aryl methyl sites for hydroxylation is 1. The van der Waals surface area contributed by atoms with Gasteiger partial charge in [-0.15, -0.1) is 11.3 Å². The van der Waals surface area contributed by atoms with Crippen molar-refractivity contribution in [3.63, 3.8) is 0 Å². The van der Waals surface area contributed by atoms with Crippen molar-refractivity contribution in [3.8, 4) is 0 Å². The summed E-state index contributed by atoms with van der Waals surface area (Å²) in [6.45, 7) is 2.89. The van der Waals surface area contributed by atoms with E-state index >= 15 is 0 Å². The second-order valence-corrected chi connectivity index (χ2v) is 5.64. The Morgan fingerprint density at radius 1 is 1.56 bits per heavy atom. The summed E-state index contributed by atoms with van der Waals surface area (Å²) in [6.07, 6.45) is 0. The second kappa shape index (κ2) is 5.69. The van der Waals surface area contributed by atoms with Crippen molar-refractivity contribution in [3.05, 3.63) is 43.9 Å². The number of carboxylic acids is 1. The van der Waals surface area contributed by atoms with Gasteiger partial charge in [0, 0.05) is 15.9 Å². The summed E-state index contributed by atoms with van der Waals surface area (Å²) in [6, 6.07) is 3.56. The average Bonchev–Trinajstić information content (AvgIpc) is 2.86. The fourth-order valence-corrected chi connectivity index (χ4v) is 3.06. The van der Waals surface area contributed by atoms with Crippen molar-refractivity contribution in [2.24, 2.45) is 0 Å². The van der Waals surface area contributed by atoms with E-state index < -0.39 is 5.97 Å². The summed E-state index contributed by atoms with van der Waals surface area (Å²) in [5, 5.41) is 14.1. The predicted molar refractivity (Wildman–Crippen MR) is 73.0 cm³/mol. The number of rotatable bonds is 5. The molecule has 0 spiro atoms. The number of carboxylic acid groups (broad SMARTS) is 1. The van der Waals surface area contributed by atoms with Crippen LogP contribution in [0.1, 0.15) is 26.8 Å². The molecule has 96 valence electrons. The molecule has 2 rings (SSSR count). The normalized spacial score (nSPS) is 10.8. The maximum Gasteiger partial charge on any atom is 0.339 e. The molecule has 0 radical (unpaired) electrons. The first kappa shape index (κ1) is 13.3. The van der Waals surface area contributed by atoms with Crippen LogP contribution in [-0.2, 0) is 13.1 Å². The van der Waals surface area contributed by atoms with Gasteiger partial charge in [0.25, 0.3) is 0 Å². The highest BCUT2D eigenvalue weighted by atomic mass is 79.9. The first-order valence-electron chi connectivity index (χ1n) is 5.33. The third-order valence-electron chi connectivity index (χ3n) is 2.48. The SMILES string of the molecule is Cc1oc(CNCc2sccc2Br)cc1C(=O)O. The summed E-state index contributed by atoms with van der Waals surface area (Å²) in [5.41, 5.74) is 0.226. The third-order valence-corrected chi connectivity index (χ3v) is 4.40. The molecule has 0 fully saturated rings. The van der Waals surface area contributed by atoms with Gasteiger partial charge in [0.05, 0.1) is 6.54 Å². The number of nitrogens with one attached hydrogen (secondary N) is 1. The van der Waals surface area contributed by atoms with Gasteiger partial charge in [-0.1, -0.05) is 0 Å². The Bertz CT molecular complexity index is 561. The zero-order valence-corrected chi connectivity index (χ0v) is 12.1. The zero-order valence-electron chi connectivity index (χ0n) is 9.70. The van der Waals surface area contributed by atoms with E-state index in [1.165, 1.54) is 4.88 Å². The number of furan rings is 1. The molecule has 0 unspecified atom stereocenters. The first-order chi connectivity index (χ1) is 8.58. The van der Waals surface area contributed by atoms with Crippen molar-refractivity contribution in [2.45, 2.75) is 20.0 Å². The lowest BCUT2D eigenvalue weighted by Crippen LogP contribution is -2.11. The van der Waals surface area contributed by atoms with Gasteiger partial charge in [0.15, 0.2) is 0 Å². The summed E-state index contributed by atoms with van der Waals surface area (Å²) >= 11 is 5.12. The minimum absolute atomic E-state index is 0.226. The van der Waals surface area contributed by atoms with E-state index in [-0.39, 0.29) is 5.56 Å². The maximum atomic E-state index is 10.9. The number of aromatic carboxylic acids is 1. The zero-order chi connectivity index (χ0) is 13.1. The third kappa shape index (κ3) is 3.01. The molecule has 6 heteroatoms. The van der Waals surface area contributed by atoms with Crippen LogP contribution in [0.3, 0.4) is 0 Å². The van der Waals surface area contributed by atoms with Crippen LogP contribution in [0.25, 0.3) is 0 Å². The summed E-state index contributed by atoms with van der Waals surface area (Å²) < 4.78 is 6.46. The van der Waals surface area contributed by atoms with Gasteiger partial charge in [0.1, 0.15) is 17.1 Å². The fraction of sp³-hybridized carbons (Fsp3) is 0.250. The van der Waals surface area contributed by atoms with Gasteiger partial charge in [-0.05, 0) is 40.4 Å². The lowest BCUT2D eigenvalue weighted by Gasteiger charge is -2.00. The average molecular weight is 330 g/mol. The largest absolute Gasteiger partial charge is 0.478 e. The molecule has 18 heavy (non-hydrogen) atoms. The van der Waals surface area contributed by atoms with Gasteiger partial charge in [-0.3, -0.25) is 0 Å². The highest BCUT2D eigenvalue weighted by Gasteiger charge is 2.13. The standard InChI is InChI=1S/C12H12BrNO3S/c1-7-9(12(15)16)4-8(17-7)5-14-6-11-10(13)2-3-18-11/h2-4,14H,5-6H2,1H3,(H,15,16). The number of hydrogen-bond donors (Lipinski definition) is 2. The topological polar surface area (TPSA) is 62.5 Å². The molecule has 4 nitrogen and oxygen atoms in total. The van der Waals surface area contributed by atoms with Crippen LogP contribution in [0, 0.1) is 6.92 Å². The predicted octanol–water partition coefficient (Wildman–Crippen LogP) is 3.40. The van der Waals surface area contributed by atoms with Crippen LogP contribution in [-0.4, -0.2) is 11.1 Å². The molecule has 0 aliphatic carbocycles. The molecule has 0 amide bonds. The quantitative estimate of drug-likeness (QED) is 0.882. The van der Waals surface area contributed by atoms with E-state index in [1.807, 2.05) is 11.4 Å². The molecule has 2 aromatic rings. The van der Waals surface area contributed by atoms with Gasteiger partial charge >= 0.3 is 5.97 Å². The Kier molecular flexibility index (Phi) is 4.21. The number of halogens is 1. The monoisotopic (exact) mass is 329 g/mol. The molecular formula is C12H12BrNO3S. The van der Waals surface area contributed by atoms with Gasteiger partial charge < -0.3 is 14.8 Å². The van der Waals surface area contributed by atoms with Crippen LogP contribution in [0.5, 0.6) is 0 Å². The molecule has 0 atom stereocenters. The van der Waals surface area contributed by atoms with E-state index in [0.717, 1.165) is 11.0 Å². The van der Waals surface area contributed by atoms with Gasteiger partial charge in [-0.25, -0.2) is 4.79 Å². The van der Waals surface area contributed by atoms with E-state index in [4.69, 9.17) is 9.52 Å². The van der Waals surface area contributed by atoms with Crippen LogP contribution in [0.15, 0.2) is 26.4 Å². The molecular weight excluding hydrogens is 318 g/mol. The maximum absolute atomic E-state index is 10.9. The first-order valence-corrected chi connectivity index (χ1v) is 7.00. The van der Waals surface area contributed by atoms with Crippen molar-refractivity contribution >= 4 is 33.2 Å². The van der Waals surface area contributed by atoms with Crippen LogP contribution < -0.4 is 5.32 Å². The second-order valence-electron chi connectivity index (χ2n) is 3.78. The van der Waals surface area contributed by atoms with Gasteiger partial charge in [0.2, 0.25) is 0 Å². The van der Waals surface area contributed by atoms with Crippen molar-refractivity contribution < 1.29 is 14.3 Å².